The van der Waals surface area contributed by atoms with Gasteiger partial charge in [0.2, 0.25) is 0 Å². The Morgan fingerprint density at radius 1 is 1.38 bits per heavy atom. The minimum absolute atomic E-state index is 0.00560. The minimum atomic E-state index is -0.329. The maximum Gasteiger partial charge on any atom is 0.272 e. The van der Waals surface area contributed by atoms with E-state index < -0.39 is 0 Å². The first kappa shape index (κ1) is 15.5. The summed E-state index contributed by atoms with van der Waals surface area (Å²) in [4.78, 5) is 11.9. The van der Waals surface area contributed by atoms with Crippen LogP contribution in [0, 0.1) is 10.1 Å². The number of benzene rings is 1. The van der Waals surface area contributed by atoms with Gasteiger partial charge >= 0.3 is 0 Å². The molecule has 0 amide bonds. The van der Waals surface area contributed by atoms with Crippen molar-refractivity contribution in [2.24, 2.45) is 0 Å². The van der Waals surface area contributed by atoms with Crippen molar-refractivity contribution >= 4 is 17.0 Å². The SMILES string of the molecule is CCNC(Cc1ccccc1[N+](=O)[O-])c1sccc1OC. The fourth-order valence-electron chi connectivity index (χ4n) is 2.32. The molecule has 1 aromatic carbocycles. The first-order valence-corrected chi connectivity index (χ1v) is 7.62. The molecule has 0 radical (unpaired) electrons. The van der Waals surface area contributed by atoms with Gasteiger partial charge in [-0.25, -0.2) is 0 Å². The van der Waals surface area contributed by atoms with E-state index in [0.29, 0.717) is 6.42 Å². The van der Waals surface area contributed by atoms with Gasteiger partial charge in [0, 0.05) is 17.7 Å². The van der Waals surface area contributed by atoms with E-state index in [1.54, 1.807) is 30.6 Å². The summed E-state index contributed by atoms with van der Waals surface area (Å²) in [5.74, 6) is 0.824. The van der Waals surface area contributed by atoms with Crippen LogP contribution in [0.2, 0.25) is 0 Å². The van der Waals surface area contributed by atoms with Gasteiger partial charge in [0.1, 0.15) is 5.75 Å². The van der Waals surface area contributed by atoms with Crippen LogP contribution in [0.1, 0.15) is 23.4 Å². The van der Waals surface area contributed by atoms with Crippen molar-refractivity contribution < 1.29 is 9.66 Å². The second-order valence-electron chi connectivity index (χ2n) is 4.55. The zero-order valence-electron chi connectivity index (χ0n) is 12.0. The average molecular weight is 306 g/mol. The summed E-state index contributed by atoms with van der Waals surface area (Å²) in [7, 11) is 1.64. The molecule has 6 heteroatoms. The third-order valence-electron chi connectivity index (χ3n) is 3.26. The maximum absolute atomic E-state index is 11.1. The second kappa shape index (κ2) is 7.19. The van der Waals surface area contributed by atoms with Crippen molar-refractivity contribution in [1.29, 1.82) is 0 Å². The zero-order valence-corrected chi connectivity index (χ0v) is 12.9. The Labute approximate surface area is 127 Å². The van der Waals surface area contributed by atoms with Gasteiger partial charge in [0.05, 0.1) is 16.9 Å². The number of hydrogen-bond acceptors (Lipinski definition) is 5. The van der Waals surface area contributed by atoms with Crippen LogP contribution in [0.4, 0.5) is 5.69 Å². The number of rotatable bonds is 7. The quantitative estimate of drug-likeness (QED) is 0.627. The minimum Gasteiger partial charge on any atom is -0.496 e. The molecule has 0 saturated heterocycles. The van der Waals surface area contributed by atoms with E-state index in [0.717, 1.165) is 22.7 Å². The van der Waals surface area contributed by atoms with Crippen LogP contribution in [0.3, 0.4) is 0 Å². The van der Waals surface area contributed by atoms with Gasteiger partial charge in [-0.1, -0.05) is 25.1 Å². The van der Waals surface area contributed by atoms with Crippen LogP contribution in [-0.4, -0.2) is 18.6 Å². The molecule has 0 spiro atoms. The monoisotopic (exact) mass is 306 g/mol. The summed E-state index contributed by atoms with van der Waals surface area (Å²) >= 11 is 1.60. The first-order chi connectivity index (χ1) is 10.2. The molecule has 1 N–H and O–H groups in total. The Balaban J connectivity index is 2.31. The summed E-state index contributed by atoms with van der Waals surface area (Å²) in [6.45, 7) is 2.80. The molecule has 1 atom stereocenters. The van der Waals surface area contributed by atoms with E-state index in [9.17, 15) is 10.1 Å². The summed E-state index contributed by atoms with van der Waals surface area (Å²) in [6, 6.07) is 8.80. The Kier molecular flexibility index (Phi) is 5.30. The van der Waals surface area contributed by atoms with E-state index in [1.807, 2.05) is 30.5 Å². The van der Waals surface area contributed by atoms with Crippen LogP contribution >= 0.6 is 11.3 Å². The highest BCUT2D eigenvalue weighted by Gasteiger charge is 2.21. The Bertz CT molecular complexity index is 612. The maximum atomic E-state index is 11.1. The summed E-state index contributed by atoms with van der Waals surface area (Å²) < 4.78 is 5.36. The number of nitro groups is 1. The van der Waals surface area contributed by atoms with E-state index in [2.05, 4.69) is 5.32 Å². The average Bonchev–Trinajstić information content (AvgIpc) is 2.95. The summed E-state index contributed by atoms with van der Waals surface area (Å²) in [5.41, 5.74) is 0.889. The largest absolute Gasteiger partial charge is 0.496 e. The van der Waals surface area contributed by atoms with E-state index in [1.165, 1.54) is 0 Å². The standard InChI is InChI=1S/C15H18N2O3S/c1-3-16-12(15-14(20-2)8-9-21-15)10-11-6-4-5-7-13(11)17(18)19/h4-9,12,16H,3,10H2,1-2H3. The number of likely N-dealkylation sites (N-methyl/N-ethyl adjacent to an activating group) is 1. The van der Waals surface area contributed by atoms with Gasteiger partial charge in [0.25, 0.3) is 5.69 Å². The molecule has 5 nitrogen and oxygen atoms in total. The zero-order chi connectivity index (χ0) is 15.2. The number of nitro benzene ring substituents is 1. The normalized spacial score (nSPS) is 12.1. The topological polar surface area (TPSA) is 64.4 Å². The predicted octanol–water partition coefficient (Wildman–Crippen LogP) is 3.56. The second-order valence-corrected chi connectivity index (χ2v) is 5.50. The van der Waals surface area contributed by atoms with Crippen molar-refractivity contribution in [3.8, 4) is 5.75 Å². The molecule has 0 bridgehead atoms. The van der Waals surface area contributed by atoms with Crippen molar-refractivity contribution in [1.82, 2.24) is 5.32 Å². The Morgan fingerprint density at radius 3 is 2.81 bits per heavy atom. The third-order valence-corrected chi connectivity index (χ3v) is 4.27. The highest BCUT2D eigenvalue weighted by molar-refractivity contribution is 7.10. The van der Waals surface area contributed by atoms with Crippen molar-refractivity contribution in [2.75, 3.05) is 13.7 Å². The molecule has 1 unspecified atom stereocenters. The number of nitrogens with zero attached hydrogens (tertiary/aromatic N) is 1. The Hall–Kier alpha value is -1.92. The van der Waals surface area contributed by atoms with Crippen molar-refractivity contribution in [3.63, 3.8) is 0 Å². The van der Waals surface area contributed by atoms with Crippen molar-refractivity contribution in [2.45, 2.75) is 19.4 Å². The molecule has 0 aliphatic rings. The van der Waals surface area contributed by atoms with Crippen LogP contribution in [0.15, 0.2) is 35.7 Å². The lowest BCUT2D eigenvalue weighted by atomic mass is 10.0. The molecule has 1 aromatic heterocycles. The van der Waals surface area contributed by atoms with E-state index in [-0.39, 0.29) is 16.7 Å². The molecule has 0 aliphatic heterocycles. The number of methoxy groups -OCH3 is 1. The third kappa shape index (κ3) is 3.59. The molecular weight excluding hydrogens is 288 g/mol. The first-order valence-electron chi connectivity index (χ1n) is 6.74. The number of para-hydroxylation sites is 1. The molecule has 2 rings (SSSR count). The van der Waals surface area contributed by atoms with Gasteiger partial charge in [0.15, 0.2) is 0 Å². The van der Waals surface area contributed by atoms with E-state index >= 15 is 0 Å². The van der Waals surface area contributed by atoms with Crippen molar-refractivity contribution in [3.05, 3.63) is 56.3 Å². The van der Waals surface area contributed by atoms with Gasteiger partial charge in [-0.3, -0.25) is 10.1 Å². The Morgan fingerprint density at radius 2 is 2.14 bits per heavy atom. The van der Waals surface area contributed by atoms with Gasteiger partial charge in [-0.2, -0.15) is 0 Å². The molecule has 21 heavy (non-hydrogen) atoms. The number of thiophene rings is 1. The molecule has 1 heterocycles. The number of hydrogen-bond donors (Lipinski definition) is 1. The van der Waals surface area contributed by atoms with Gasteiger partial charge < -0.3 is 10.1 Å². The number of ether oxygens (including phenoxy) is 1. The predicted molar refractivity (Wildman–Crippen MR) is 84.1 cm³/mol. The van der Waals surface area contributed by atoms with Crippen LogP contribution in [-0.2, 0) is 6.42 Å². The number of nitrogens with one attached hydrogen (secondary N) is 1. The van der Waals surface area contributed by atoms with Crippen LogP contribution in [0.5, 0.6) is 5.75 Å². The summed E-state index contributed by atoms with van der Waals surface area (Å²) in [6.07, 6.45) is 0.557. The fourth-order valence-corrected chi connectivity index (χ4v) is 3.25. The molecule has 0 fully saturated rings. The lowest BCUT2D eigenvalue weighted by Crippen LogP contribution is -2.22. The lowest BCUT2D eigenvalue weighted by Gasteiger charge is -2.18. The smallest absolute Gasteiger partial charge is 0.272 e. The molecular formula is C15H18N2O3S. The summed E-state index contributed by atoms with van der Waals surface area (Å²) in [5, 5.41) is 16.5. The van der Waals surface area contributed by atoms with E-state index in [4.69, 9.17) is 4.74 Å². The molecule has 0 saturated carbocycles. The van der Waals surface area contributed by atoms with Crippen LogP contribution in [0.25, 0.3) is 0 Å². The molecule has 2 aromatic rings. The molecule has 112 valence electrons. The van der Waals surface area contributed by atoms with Gasteiger partial charge in [-0.15, -0.1) is 11.3 Å². The molecule has 0 aliphatic carbocycles. The highest BCUT2D eigenvalue weighted by atomic mass is 32.1. The highest BCUT2D eigenvalue weighted by Crippen LogP contribution is 2.34. The van der Waals surface area contributed by atoms with Gasteiger partial charge in [-0.05, 0) is 24.4 Å². The fraction of sp³-hybridized carbons (Fsp3) is 0.333. The lowest BCUT2D eigenvalue weighted by molar-refractivity contribution is -0.385. The van der Waals surface area contributed by atoms with Crippen LogP contribution < -0.4 is 10.1 Å².